The maximum Gasteiger partial charge on any atom is 0.180 e. The third-order valence-electron chi connectivity index (χ3n) is 2.53. The monoisotopic (exact) mass is 297 g/mol. The largest absolute Gasteiger partial charge is 0.375 e. The third kappa shape index (κ3) is 2.10. The molecule has 0 saturated carbocycles. The van der Waals surface area contributed by atoms with Crippen molar-refractivity contribution in [2.24, 2.45) is 0 Å². The van der Waals surface area contributed by atoms with Crippen LogP contribution < -0.4 is 5.73 Å². The summed E-state index contributed by atoms with van der Waals surface area (Å²) in [7, 11) is 0. The summed E-state index contributed by atoms with van der Waals surface area (Å²) in [4.78, 5) is 8.74. The zero-order valence-electron chi connectivity index (χ0n) is 9.07. The van der Waals surface area contributed by atoms with Crippen LogP contribution in [-0.2, 0) is 5.41 Å². The number of rotatable bonds is 2. The Hall–Kier alpha value is -0.940. The number of nitrogens with zero attached hydrogens (tertiary/aromatic N) is 2. The lowest BCUT2D eigenvalue weighted by Gasteiger charge is -2.21. The molecule has 0 spiro atoms. The van der Waals surface area contributed by atoms with Gasteiger partial charge in [0.1, 0.15) is 0 Å². The minimum atomic E-state index is -0.213. The molecule has 0 aliphatic rings. The molecule has 2 aromatic heterocycles. The van der Waals surface area contributed by atoms with Crippen LogP contribution in [0.15, 0.2) is 28.2 Å². The maximum absolute atomic E-state index is 5.66. The van der Waals surface area contributed by atoms with Crippen molar-refractivity contribution in [1.29, 1.82) is 0 Å². The molecule has 0 aromatic carbocycles. The lowest BCUT2D eigenvalue weighted by molar-refractivity contribution is 0.600. The van der Waals surface area contributed by atoms with Gasteiger partial charge in [-0.25, -0.2) is 4.98 Å². The van der Waals surface area contributed by atoms with Gasteiger partial charge < -0.3 is 5.73 Å². The lowest BCUT2D eigenvalue weighted by atomic mass is 9.86. The van der Waals surface area contributed by atoms with Gasteiger partial charge in [-0.2, -0.15) is 0 Å². The number of halogens is 1. The molecule has 5 heteroatoms. The van der Waals surface area contributed by atoms with Crippen molar-refractivity contribution in [2.75, 3.05) is 5.73 Å². The Morgan fingerprint density at radius 1 is 1.31 bits per heavy atom. The molecule has 0 bridgehead atoms. The highest BCUT2D eigenvalue weighted by atomic mass is 79.9. The highest BCUT2D eigenvalue weighted by molar-refractivity contribution is 9.10. The first-order valence-electron chi connectivity index (χ1n) is 4.83. The first-order chi connectivity index (χ1) is 7.50. The van der Waals surface area contributed by atoms with Gasteiger partial charge in [0, 0.05) is 16.0 Å². The smallest absolute Gasteiger partial charge is 0.180 e. The number of hydrogen-bond acceptors (Lipinski definition) is 4. The highest BCUT2D eigenvalue weighted by Gasteiger charge is 2.27. The second kappa shape index (κ2) is 4.14. The van der Waals surface area contributed by atoms with E-state index in [0.29, 0.717) is 5.13 Å². The molecule has 2 rings (SSSR count). The number of hydrogen-bond donors (Lipinski definition) is 1. The fraction of sp³-hybridized carbons (Fsp3) is 0.273. The second-order valence-corrected chi connectivity index (χ2v) is 5.86. The molecule has 0 amide bonds. The van der Waals surface area contributed by atoms with Crippen molar-refractivity contribution in [3.8, 4) is 0 Å². The number of aromatic nitrogens is 2. The van der Waals surface area contributed by atoms with E-state index in [1.807, 2.05) is 17.5 Å². The minimum absolute atomic E-state index is 0.213. The van der Waals surface area contributed by atoms with E-state index in [1.165, 1.54) is 11.3 Å². The highest BCUT2D eigenvalue weighted by Crippen LogP contribution is 2.31. The fourth-order valence-electron chi connectivity index (χ4n) is 1.45. The quantitative estimate of drug-likeness (QED) is 0.926. The molecule has 0 saturated heterocycles. The number of anilines is 1. The molecular formula is C11H12BrN3S. The second-order valence-electron chi connectivity index (χ2n) is 4.06. The van der Waals surface area contributed by atoms with Gasteiger partial charge in [0.15, 0.2) is 5.13 Å². The topological polar surface area (TPSA) is 51.8 Å². The molecule has 0 radical (unpaired) electrons. The lowest BCUT2D eigenvalue weighted by Crippen LogP contribution is -2.21. The molecule has 2 N–H and O–H groups in total. The van der Waals surface area contributed by atoms with E-state index >= 15 is 0 Å². The van der Waals surface area contributed by atoms with E-state index in [1.54, 1.807) is 6.20 Å². The van der Waals surface area contributed by atoms with Crippen LogP contribution in [0.2, 0.25) is 0 Å². The Labute approximate surface area is 107 Å². The summed E-state index contributed by atoms with van der Waals surface area (Å²) in [5, 5.41) is 2.58. The first kappa shape index (κ1) is 11.5. The molecule has 2 heterocycles. The van der Waals surface area contributed by atoms with Crippen LogP contribution in [0.25, 0.3) is 0 Å². The van der Waals surface area contributed by atoms with Crippen LogP contribution in [0.1, 0.15) is 25.2 Å². The molecule has 2 aromatic rings. The van der Waals surface area contributed by atoms with Crippen molar-refractivity contribution >= 4 is 32.4 Å². The van der Waals surface area contributed by atoms with Gasteiger partial charge in [0.05, 0.1) is 16.8 Å². The van der Waals surface area contributed by atoms with Crippen molar-refractivity contribution in [1.82, 2.24) is 9.97 Å². The van der Waals surface area contributed by atoms with Crippen molar-refractivity contribution in [3.05, 3.63) is 39.6 Å². The van der Waals surface area contributed by atoms with Gasteiger partial charge in [-0.3, -0.25) is 4.98 Å². The molecule has 0 fully saturated rings. The van der Waals surface area contributed by atoms with E-state index in [4.69, 9.17) is 5.73 Å². The summed E-state index contributed by atoms with van der Waals surface area (Å²) in [5.41, 5.74) is 7.39. The van der Waals surface area contributed by atoms with Gasteiger partial charge in [0.2, 0.25) is 0 Å². The molecule has 0 aliphatic carbocycles. The number of nitrogen functional groups attached to an aromatic ring is 1. The Morgan fingerprint density at radius 2 is 2.06 bits per heavy atom. The average Bonchev–Trinajstić information content (AvgIpc) is 2.66. The summed E-state index contributed by atoms with van der Waals surface area (Å²) in [5.74, 6) is 0. The molecule has 84 valence electrons. The van der Waals surface area contributed by atoms with Crippen LogP contribution in [0, 0.1) is 0 Å². The predicted octanol–water partition coefficient (Wildman–Crippen LogP) is 3.21. The van der Waals surface area contributed by atoms with Crippen molar-refractivity contribution in [2.45, 2.75) is 19.3 Å². The molecule has 0 atom stereocenters. The average molecular weight is 298 g/mol. The Morgan fingerprint density at radius 3 is 2.56 bits per heavy atom. The summed E-state index contributed by atoms with van der Waals surface area (Å²) >= 11 is 4.84. The Bertz CT molecular complexity index is 490. The zero-order valence-corrected chi connectivity index (χ0v) is 11.5. The van der Waals surface area contributed by atoms with E-state index in [-0.39, 0.29) is 5.41 Å². The van der Waals surface area contributed by atoms with Gasteiger partial charge in [-0.1, -0.05) is 0 Å². The number of thiazole rings is 1. The van der Waals surface area contributed by atoms with Crippen LogP contribution in [0.3, 0.4) is 0 Å². The van der Waals surface area contributed by atoms with Crippen molar-refractivity contribution in [3.63, 3.8) is 0 Å². The number of pyridine rings is 1. The summed E-state index contributed by atoms with van der Waals surface area (Å²) in [6, 6.07) is 3.99. The zero-order chi connectivity index (χ0) is 11.8. The van der Waals surface area contributed by atoms with Crippen molar-refractivity contribution < 1.29 is 0 Å². The summed E-state index contributed by atoms with van der Waals surface area (Å²) < 4.78 is 0.977. The predicted molar refractivity (Wildman–Crippen MR) is 70.6 cm³/mol. The van der Waals surface area contributed by atoms with Gasteiger partial charge in [-0.05, 0) is 41.9 Å². The Balaban J connectivity index is 2.42. The molecule has 3 nitrogen and oxygen atoms in total. The van der Waals surface area contributed by atoms with E-state index in [0.717, 1.165) is 15.9 Å². The van der Waals surface area contributed by atoms with Gasteiger partial charge in [0.25, 0.3) is 0 Å². The van der Waals surface area contributed by atoms with Gasteiger partial charge >= 0.3 is 0 Å². The molecular weight excluding hydrogens is 286 g/mol. The third-order valence-corrected chi connectivity index (χ3v) is 3.67. The van der Waals surface area contributed by atoms with E-state index in [9.17, 15) is 0 Å². The van der Waals surface area contributed by atoms with Crippen LogP contribution in [0.5, 0.6) is 0 Å². The Kier molecular flexibility index (Phi) is 2.99. The SMILES string of the molecule is CC(C)(c1ccc(Br)cn1)c1csc(N)n1. The van der Waals surface area contributed by atoms with Gasteiger partial charge in [-0.15, -0.1) is 11.3 Å². The summed E-state index contributed by atoms with van der Waals surface area (Å²) in [6.07, 6.45) is 1.80. The van der Waals surface area contributed by atoms with Crippen LogP contribution >= 0.6 is 27.3 Å². The maximum atomic E-state index is 5.66. The fourth-order valence-corrected chi connectivity index (χ4v) is 2.42. The van der Waals surface area contributed by atoms with E-state index < -0.39 is 0 Å². The first-order valence-corrected chi connectivity index (χ1v) is 6.51. The molecule has 0 unspecified atom stereocenters. The molecule has 16 heavy (non-hydrogen) atoms. The summed E-state index contributed by atoms with van der Waals surface area (Å²) in [6.45, 7) is 4.19. The standard InChI is InChI=1S/C11H12BrN3S/c1-11(2,9-6-16-10(13)15-9)8-4-3-7(12)5-14-8/h3-6H,1-2H3,(H2,13,15). The normalized spacial score (nSPS) is 11.7. The van der Waals surface area contributed by atoms with E-state index in [2.05, 4.69) is 39.7 Å². The minimum Gasteiger partial charge on any atom is -0.375 e. The van der Waals surface area contributed by atoms with Crippen LogP contribution in [0.4, 0.5) is 5.13 Å². The molecule has 0 aliphatic heterocycles. The van der Waals surface area contributed by atoms with Crippen LogP contribution in [-0.4, -0.2) is 9.97 Å². The number of nitrogens with two attached hydrogens (primary N) is 1.